The van der Waals surface area contributed by atoms with Crippen LogP contribution in [0.3, 0.4) is 0 Å². The summed E-state index contributed by atoms with van der Waals surface area (Å²) in [7, 11) is 0. The maximum atomic E-state index is 12.2. The smallest absolute Gasteiger partial charge is 0.319 e. The number of aliphatic hydroxyl groups excluding tert-OH is 1. The van der Waals surface area contributed by atoms with Crippen LogP contribution in [0.25, 0.3) is 0 Å². The lowest BCUT2D eigenvalue weighted by atomic mass is 10.0. The number of hydrogen-bond acceptors (Lipinski definition) is 5. The van der Waals surface area contributed by atoms with Crippen LogP contribution in [0.5, 0.6) is 5.75 Å². The van der Waals surface area contributed by atoms with E-state index in [1.54, 1.807) is 0 Å². The van der Waals surface area contributed by atoms with Gasteiger partial charge in [0.05, 0.1) is 19.3 Å². The number of hydrogen-bond donors (Lipinski definition) is 4. The fourth-order valence-electron chi connectivity index (χ4n) is 4.26. The van der Waals surface area contributed by atoms with Gasteiger partial charge in [-0.25, -0.2) is 4.79 Å². The van der Waals surface area contributed by atoms with Crippen LogP contribution in [0.15, 0.2) is 72.8 Å². The molecule has 7 nitrogen and oxygen atoms in total. The first kappa shape index (κ1) is 25.7. The van der Waals surface area contributed by atoms with E-state index in [2.05, 4.69) is 22.9 Å². The molecule has 7 heteroatoms. The third-order valence-corrected chi connectivity index (χ3v) is 6.14. The van der Waals surface area contributed by atoms with Crippen molar-refractivity contribution in [1.82, 2.24) is 10.6 Å². The number of carbonyl (C=O) groups is 1. The number of benzene rings is 3. The monoisotopic (exact) mass is 489 g/mol. The Morgan fingerprint density at radius 1 is 1.03 bits per heavy atom. The van der Waals surface area contributed by atoms with Crippen molar-refractivity contribution in [3.8, 4) is 5.75 Å². The van der Waals surface area contributed by atoms with E-state index in [9.17, 15) is 9.90 Å². The van der Waals surface area contributed by atoms with Crippen LogP contribution in [0, 0.1) is 0 Å². The standard InChI is InChI=1S/C29H35N3O4/c1-20(31-26(18-33)23-11-14-27-24(16-23)19-35-29(2,3)36-27)15-21-9-12-25(13-10-21)32-28(34)30-17-22-7-5-4-6-8-22/h4-14,16,20,26,31,33H,15,17-19H2,1-3H3,(H2,30,32,34)/t20-,26-/m1/s1. The molecule has 0 spiro atoms. The molecule has 0 saturated heterocycles. The molecule has 4 N–H and O–H groups in total. The van der Waals surface area contributed by atoms with E-state index in [0.29, 0.717) is 13.2 Å². The van der Waals surface area contributed by atoms with Gasteiger partial charge >= 0.3 is 6.03 Å². The normalized spacial score (nSPS) is 15.8. The van der Waals surface area contributed by atoms with Gasteiger partial charge in [0, 0.05) is 37.7 Å². The molecule has 0 unspecified atom stereocenters. The third kappa shape index (κ3) is 7.07. The van der Waals surface area contributed by atoms with Crippen molar-refractivity contribution in [1.29, 1.82) is 0 Å². The molecule has 0 bridgehead atoms. The second kappa shape index (κ2) is 11.6. The molecule has 0 aliphatic carbocycles. The molecule has 2 atom stereocenters. The zero-order valence-electron chi connectivity index (χ0n) is 21.1. The Balaban J connectivity index is 1.28. The summed E-state index contributed by atoms with van der Waals surface area (Å²) in [5, 5.41) is 19.3. The number of urea groups is 1. The number of ether oxygens (including phenoxy) is 2. The van der Waals surface area contributed by atoms with Crippen molar-refractivity contribution in [2.45, 2.75) is 58.2 Å². The predicted molar refractivity (Wildman–Crippen MR) is 141 cm³/mol. The molecule has 2 amide bonds. The van der Waals surface area contributed by atoms with E-state index < -0.39 is 5.79 Å². The van der Waals surface area contributed by atoms with E-state index in [1.165, 1.54) is 0 Å². The number of nitrogens with one attached hydrogen (secondary N) is 3. The van der Waals surface area contributed by atoms with Crippen LogP contribution < -0.4 is 20.7 Å². The average molecular weight is 490 g/mol. The third-order valence-electron chi connectivity index (χ3n) is 6.14. The average Bonchev–Trinajstić information content (AvgIpc) is 2.87. The first-order valence-corrected chi connectivity index (χ1v) is 12.3. The van der Waals surface area contributed by atoms with Crippen LogP contribution >= 0.6 is 0 Å². The van der Waals surface area contributed by atoms with Gasteiger partial charge in [0.25, 0.3) is 0 Å². The first-order chi connectivity index (χ1) is 17.3. The molecule has 0 radical (unpaired) electrons. The van der Waals surface area contributed by atoms with Crippen molar-refractivity contribution < 1.29 is 19.4 Å². The highest BCUT2D eigenvalue weighted by molar-refractivity contribution is 5.89. The Kier molecular flexibility index (Phi) is 8.25. The van der Waals surface area contributed by atoms with Crippen molar-refractivity contribution in [2.75, 3.05) is 11.9 Å². The fourth-order valence-corrected chi connectivity index (χ4v) is 4.26. The predicted octanol–water partition coefficient (Wildman–Crippen LogP) is 4.91. The molecule has 1 aliphatic rings. The lowest BCUT2D eigenvalue weighted by Crippen LogP contribution is -2.36. The first-order valence-electron chi connectivity index (χ1n) is 12.3. The second-order valence-corrected chi connectivity index (χ2v) is 9.65. The highest BCUT2D eigenvalue weighted by atomic mass is 16.7. The van der Waals surface area contributed by atoms with E-state index >= 15 is 0 Å². The number of carbonyl (C=O) groups excluding carboxylic acids is 1. The number of fused-ring (bicyclic) bond motifs is 1. The Labute approximate surface area is 212 Å². The molecule has 1 heterocycles. The molecule has 3 aromatic rings. The summed E-state index contributed by atoms with van der Waals surface area (Å²) in [6.45, 7) is 6.83. The molecule has 36 heavy (non-hydrogen) atoms. The van der Waals surface area contributed by atoms with Gasteiger partial charge in [0.15, 0.2) is 0 Å². The van der Waals surface area contributed by atoms with Crippen LogP contribution in [-0.2, 0) is 24.3 Å². The number of aliphatic hydroxyl groups is 1. The van der Waals surface area contributed by atoms with Gasteiger partial charge in [-0.05, 0) is 54.3 Å². The van der Waals surface area contributed by atoms with Gasteiger partial charge in [0.1, 0.15) is 5.75 Å². The molecule has 3 aromatic carbocycles. The Morgan fingerprint density at radius 2 is 1.78 bits per heavy atom. The van der Waals surface area contributed by atoms with Crippen LogP contribution in [0.4, 0.5) is 10.5 Å². The molecule has 4 rings (SSSR count). The van der Waals surface area contributed by atoms with Gasteiger partial charge in [0.2, 0.25) is 5.79 Å². The quantitative estimate of drug-likeness (QED) is 0.343. The zero-order valence-corrected chi connectivity index (χ0v) is 21.1. The maximum absolute atomic E-state index is 12.2. The summed E-state index contributed by atoms with van der Waals surface area (Å²) < 4.78 is 11.6. The molecule has 1 aliphatic heterocycles. The summed E-state index contributed by atoms with van der Waals surface area (Å²) >= 11 is 0. The molecular formula is C29H35N3O4. The highest BCUT2D eigenvalue weighted by Crippen LogP contribution is 2.33. The largest absolute Gasteiger partial charge is 0.463 e. The fraction of sp³-hybridized carbons (Fsp3) is 0.345. The van der Waals surface area contributed by atoms with Gasteiger partial charge < -0.3 is 30.5 Å². The van der Waals surface area contributed by atoms with Gasteiger partial charge in [-0.3, -0.25) is 0 Å². The van der Waals surface area contributed by atoms with Gasteiger partial charge in [-0.15, -0.1) is 0 Å². The minimum atomic E-state index is -0.630. The minimum Gasteiger partial charge on any atom is -0.463 e. The maximum Gasteiger partial charge on any atom is 0.319 e. The van der Waals surface area contributed by atoms with Crippen molar-refractivity contribution >= 4 is 11.7 Å². The lowest BCUT2D eigenvalue weighted by Gasteiger charge is -2.33. The Hall–Kier alpha value is -3.39. The lowest BCUT2D eigenvalue weighted by molar-refractivity contribution is -0.180. The van der Waals surface area contributed by atoms with Crippen molar-refractivity contribution in [2.24, 2.45) is 0 Å². The van der Waals surface area contributed by atoms with E-state index in [4.69, 9.17) is 9.47 Å². The molecule has 0 saturated carbocycles. The van der Waals surface area contributed by atoms with Crippen LogP contribution in [0.1, 0.15) is 49.1 Å². The van der Waals surface area contributed by atoms with Gasteiger partial charge in [-0.1, -0.05) is 48.5 Å². The molecular weight excluding hydrogens is 454 g/mol. The Bertz CT molecular complexity index is 1150. The van der Waals surface area contributed by atoms with Crippen molar-refractivity contribution in [3.63, 3.8) is 0 Å². The summed E-state index contributed by atoms with van der Waals surface area (Å²) in [5.41, 5.74) is 4.90. The van der Waals surface area contributed by atoms with Crippen LogP contribution in [-0.4, -0.2) is 29.6 Å². The van der Waals surface area contributed by atoms with Crippen molar-refractivity contribution in [3.05, 3.63) is 95.1 Å². The van der Waals surface area contributed by atoms with E-state index in [0.717, 1.165) is 40.1 Å². The van der Waals surface area contributed by atoms with Crippen LogP contribution in [0.2, 0.25) is 0 Å². The Morgan fingerprint density at radius 3 is 2.50 bits per heavy atom. The summed E-state index contributed by atoms with van der Waals surface area (Å²) in [6.07, 6.45) is 0.780. The van der Waals surface area contributed by atoms with E-state index in [1.807, 2.05) is 86.6 Å². The minimum absolute atomic E-state index is 0.0166. The number of anilines is 1. The molecule has 190 valence electrons. The van der Waals surface area contributed by atoms with E-state index in [-0.39, 0.29) is 24.7 Å². The summed E-state index contributed by atoms with van der Waals surface area (Å²) in [4.78, 5) is 12.2. The molecule has 0 aromatic heterocycles. The van der Waals surface area contributed by atoms with Gasteiger partial charge in [-0.2, -0.15) is 0 Å². The topological polar surface area (TPSA) is 91.9 Å². The molecule has 0 fully saturated rings. The second-order valence-electron chi connectivity index (χ2n) is 9.65. The SMILES string of the molecule is C[C@H](Cc1ccc(NC(=O)NCc2ccccc2)cc1)N[C@H](CO)c1ccc2c(c1)COC(C)(C)O2. The highest BCUT2D eigenvalue weighted by Gasteiger charge is 2.28. The number of rotatable bonds is 9. The zero-order chi connectivity index (χ0) is 25.5. The summed E-state index contributed by atoms with van der Waals surface area (Å²) in [6, 6.07) is 23.3. The summed E-state index contributed by atoms with van der Waals surface area (Å²) in [5.74, 6) is 0.191. The number of amides is 2.